The molecular formula is C25H26Cl2N4. The van der Waals surface area contributed by atoms with E-state index in [1.807, 2.05) is 53.2 Å². The normalized spacial score (nSPS) is 17.7. The average molecular weight is 453 g/mol. The van der Waals surface area contributed by atoms with Crippen LogP contribution >= 0.6 is 23.2 Å². The smallest absolute Gasteiger partial charge is 0.149 e. The van der Waals surface area contributed by atoms with Gasteiger partial charge in [-0.25, -0.2) is 4.68 Å². The first-order valence-electron chi connectivity index (χ1n) is 11.1. The molecule has 0 atom stereocenters. The highest BCUT2D eigenvalue weighted by Crippen LogP contribution is 2.30. The van der Waals surface area contributed by atoms with Crippen molar-refractivity contribution in [1.29, 1.82) is 0 Å². The number of rotatable bonds is 5. The van der Waals surface area contributed by atoms with E-state index < -0.39 is 0 Å². The Morgan fingerprint density at radius 1 is 0.935 bits per heavy atom. The molecule has 3 aromatic rings. The monoisotopic (exact) mass is 452 g/mol. The number of nitrogens with zero attached hydrogens (tertiary/aromatic N) is 3. The molecule has 1 aromatic heterocycles. The molecule has 160 valence electrons. The fraction of sp³-hybridized carbons (Fsp3) is 0.360. The highest BCUT2D eigenvalue weighted by atomic mass is 35.5. The highest BCUT2D eigenvalue weighted by molar-refractivity contribution is 6.32. The Morgan fingerprint density at radius 2 is 1.68 bits per heavy atom. The lowest BCUT2D eigenvalue weighted by Gasteiger charge is -2.19. The van der Waals surface area contributed by atoms with Gasteiger partial charge in [-0.1, -0.05) is 66.7 Å². The van der Waals surface area contributed by atoms with Crippen LogP contribution in [0.25, 0.3) is 16.9 Å². The number of benzene rings is 2. The van der Waals surface area contributed by atoms with Crippen LogP contribution in [0.1, 0.15) is 50.6 Å². The van der Waals surface area contributed by atoms with Crippen molar-refractivity contribution >= 4 is 29.0 Å². The van der Waals surface area contributed by atoms with E-state index in [-0.39, 0.29) is 0 Å². The van der Waals surface area contributed by atoms with Crippen molar-refractivity contribution in [2.24, 2.45) is 4.99 Å². The lowest BCUT2D eigenvalue weighted by atomic mass is 9.96. The van der Waals surface area contributed by atoms with Gasteiger partial charge in [0.15, 0.2) is 0 Å². The molecule has 0 spiro atoms. The van der Waals surface area contributed by atoms with Crippen LogP contribution in [0.5, 0.6) is 0 Å². The van der Waals surface area contributed by atoms with Gasteiger partial charge >= 0.3 is 0 Å². The molecule has 2 saturated carbocycles. The second-order valence-corrected chi connectivity index (χ2v) is 9.32. The van der Waals surface area contributed by atoms with Gasteiger partial charge in [0.2, 0.25) is 0 Å². The molecule has 0 radical (unpaired) electrons. The summed E-state index contributed by atoms with van der Waals surface area (Å²) >= 11 is 12.7. The van der Waals surface area contributed by atoms with Crippen LogP contribution in [-0.4, -0.2) is 27.7 Å². The molecule has 2 aromatic carbocycles. The number of amidine groups is 1. The molecule has 2 aliphatic carbocycles. The molecule has 6 heteroatoms. The minimum atomic E-state index is 0.374. The van der Waals surface area contributed by atoms with Gasteiger partial charge in [0.05, 0.1) is 22.4 Å². The van der Waals surface area contributed by atoms with Gasteiger partial charge in [0, 0.05) is 16.6 Å². The number of aliphatic imine (C=N–C) groups is 1. The van der Waals surface area contributed by atoms with Crippen molar-refractivity contribution in [3.8, 4) is 16.9 Å². The first-order valence-corrected chi connectivity index (χ1v) is 11.9. The minimum Gasteiger partial charge on any atom is -0.366 e. The van der Waals surface area contributed by atoms with Crippen molar-refractivity contribution in [3.05, 3.63) is 70.3 Å². The summed E-state index contributed by atoms with van der Waals surface area (Å²) in [7, 11) is 0. The average Bonchev–Trinajstić information content (AvgIpc) is 3.50. The van der Waals surface area contributed by atoms with Gasteiger partial charge in [-0.3, -0.25) is 4.99 Å². The molecule has 0 unspecified atom stereocenters. The van der Waals surface area contributed by atoms with Gasteiger partial charge in [-0.2, -0.15) is 5.10 Å². The molecule has 0 saturated heterocycles. The fourth-order valence-electron chi connectivity index (χ4n) is 4.12. The van der Waals surface area contributed by atoms with Crippen LogP contribution in [-0.2, 0) is 0 Å². The van der Waals surface area contributed by atoms with E-state index >= 15 is 0 Å². The maximum Gasteiger partial charge on any atom is 0.149 e. The standard InChI is InChI=1S/C25H26Cl2N4/c26-18-12-10-17(11-13-18)24-16-22(30-31(24)23-9-5-4-8-21(23)27)25(29-20-14-15-20)28-19-6-2-1-3-7-19/h4-5,8-13,16,19-20H,1-3,6-7,14-15H2,(H,28,29). The van der Waals surface area contributed by atoms with E-state index in [1.165, 1.54) is 32.1 Å². The lowest BCUT2D eigenvalue weighted by molar-refractivity contribution is 0.442. The van der Waals surface area contributed by atoms with Gasteiger partial charge in [0.1, 0.15) is 11.5 Å². The van der Waals surface area contributed by atoms with Gasteiger partial charge < -0.3 is 5.32 Å². The third kappa shape index (κ3) is 4.81. The molecular weight excluding hydrogens is 427 g/mol. The SMILES string of the molecule is Clc1ccc(-c2cc(C(=NC3CCCCC3)NC3CC3)nn2-c2ccccc2Cl)cc1. The first-order chi connectivity index (χ1) is 15.2. The summed E-state index contributed by atoms with van der Waals surface area (Å²) in [5, 5.41) is 10.0. The number of halogens is 2. The zero-order chi connectivity index (χ0) is 21.2. The topological polar surface area (TPSA) is 42.2 Å². The number of nitrogens with one attached hydrogen (secondary N) is 1. The molecule has 2 fully saturated rings. The first kappa shape index (κ1) is 20.6. The van der Waals surface area contributed by atoms with Crippen molar-refractivity contribution in [2.75, 3.05) is 0 Å². The zero-order valence-corrected chi connectivity index (χ0v) is 18.9. The Kier molecular flexibility index (Phi) is 6.02. The molecule has 4 nitrogen and oxygen atoms in total. The lowest BCUT2D eigenvalue weighted by Crippen LogP contribution is -2.29. The number of para-hydroxylation sites is 1. The van der Waals surface area contributed by atoms with E-state index in [0.717, 1.165) is 41.3 Å². The second-order valence-electron chi connectivity index (χ2n) is 8.47. The van der Waals surface area contributed by atoms with Crippen molar-refractivity contribution in [2.45, 2.75) is 57.0 Å². The molecule has 0 aliphatic heterocycles. The van der Waals surface area contributed by atoms with Crippen LogP contribution in [0.2, 0.25) is 10.0 Å². The third-order valence-corrected chi connectivity index (χ3v) is 6.55. The van der Waals surface area contributed by atoms with Crippen molar-refractivity contribution in [1.82, 2.24) is 15.1 Å². The molecule has 5 rings (SSSR count). The van der Waals surface area contributed by atoms with E-state index in [4.69, 9.17) is 33.3 Å². The van der Waals surface area contributed by atoms with Crippen molar-refractivity contribution in [3.63, 3.8) is 0 Å². The summed E-state index contributed by atoms with van der Waals surface area (Å²) in [6.07, 6.45) is 8.54. The van der Waals surface area contributed by atoms with E-state index in [1.54, 1.807) is 0 Å². The van der Waals surface area contributed by atoms with E-state index in [0.29, 0.717) is 22.1 Å². The van der Waals surface area contributed by atoms with Crippen molar-refractivity contribution < 1.29 is 0 Å². The summed E-state index contributed by atoms with van der Waals surface area (Å²) in [5.41, 5.74) is 3.71. The van der Waals surface area contributed by atoms with E-state index in [9.17, 15) is 0 Å². The van der Waals surface area contributed by atoms with Crippen LogP contribution in [0.4, 0.5) is 0 Å². The summed E-state index contributed by atoms with van der Waals surface area (Å²) in [6, 6.07) is 18.6. The Bertz CT molecular complexity index is 1080. The molecule has 1 N–H and O–H groups in total. The maximum atomic E-state index is 6.55. The molecule has 2 aliphatic rings. The van der Waals surface area contributed by atoms with Gasteiger partial charge in [0.25, 0.3) is 0 Å². The number of hydrogen-bond acceptors (Lipinski definition) is 2. The summed E-state index contributed by atoms with van der Waals surface area (Å²) < 4.78 is 1.92. The number of hydrogen-bond donors (Lipinski definition) is 1. The minimum absolute atomic E-state index is 0.374. The quantitative estimate of drug-likeness (QED) is 0.346. The molecule has 31 heavy (non-hydrogen) atoms. The van der Waals surface area contributed by atoms with E-state index in [2.05, 4.69) is 11.4 Å². The maximum absolute atomic E-state index is 6.55. The third-order valence-electron chi connectivity index (χ3n) is 5.98. The van der Waals surface area contributed by atoms with Crippen LogP contribution in [0.3, 0.4) is 0 Å². The number of aromatic nitrogens is 2. The fourth-order valence-corrected chi connectivity index (χ4v) is 4.46. The Balaban J connectivity index is 1.60. The highest BCUT2D eigenvalue weighted by Gasteiger charge is 2.26. The summed E-state index contributed by atoms with van der Waals surface area (Å²) in [5.74, 6) is 0.912. The predicted octanol–water partition coefficient (Wildman–Crippen LogP) is 6.68. The van der Waals surface area contributed by atoms with Crippen LogP contribution < -0.4 is 5.32 Å². The molecule has 0 bridgehead atoms. The Morgan fingerprint density at radius 3 is 2.39 bits per heavy atom. The Hall–Kier alpha value is -2.30. The predicted molar refractivity (Wildman–Crippen MR) is 129 cm³/mol. The summed E-state index contributed by atoms with van der Waals surface area (Å²) in [6.45, 7) is 0. The second kappa shape index (κ2) is 9.05. The van der Waals surface area contributed by atoms with Crippen LogP contribution in [0.15, 0.2) is 59.6 Å². The van der Waals surface area contributed by atoms with Gasteiger partial charge in [-0.05, 0) is 56.0 Å². The van der Waals surface area contributed by atoms with Gasteiger partial charge in [-0.15, -0.1) is 0 Å². The molecule has 1 heterocycles. The Labute approximate surface area is 193 Å². The molecule has 0 amide bonds. The largest absolute Gasteiger partial charge is 0.366 e. The van der Waals surface area contributed by atoms with Crippen LogP contribution in [0, 0.1) is 0 Å². The zero-order valence-electron chi connectivity index (χ0n) is 17.4. The summed E-state index contributed by atoms with van der Waals surface area (Å²) in [4.78, 5) is 5.14.